The first kappa shape index (κ1) is 7.22. The largest absolute Gasteiger partial charge is 0.243 e. The molecule has 1 saturated carbocycles. The van der Waals surface area contributed by atoms with Gasteiger partial charge < -0.3 is 0 Å². The van der Waals surface area contributed by atoms with Crippen LogP contribution >= 0.6 is 0 Å². The van der Waals surface area contributed by atoms with Gasteiger partial charge in [0, 0.05) is 12.3 Å². The Morgan fingerprint density at radius 3 is 2.44 bits per heavy atom. The summed E-state index contributed by atoms with van der Waals surface area (Å²) < 4.78 is 13.6. The van der Waals surface area contributed by atoms with Gasteiger partial charge in [-0.05, 0) is 12.8 Å². The molecule has 0 saturated heterocycles. The van der Waals surface area contributed by atoms with Gasteiger partial charge in [-0.2, -0.15) is 0 Å². The van der Waals surface area contributed by atoms with Gasteiger partial charge in [0.15, 0.2) is 0 Å². The van der Waals surface area contributed by atoms with Gasteiger partial charge in [-0.3, -0.25) is 0 Å². The number of rotatable bonds is 2. The standard InChI is InChI=1S/C6H13NOS/c1-9(8)7-6-4-2-3-5-6/h6-7H,2-5H2,1H3/t9-/m0/s1. The average molecular weight is 147 g/mol. The summed E-state index contributed by atoms with van der Waals surface area (Å²) in [5.74, 6) is 0. The molecule has 9 heavy (non-hydrogen) atoms. The fourth-order valence-electron chi connectivity index (χ4n) is 1.28. The summed E-state index contributed by atoms with van der Waals surface area (Å²) in [4.78, 5) is 0. The fourth-order valence-corrected chi connectivity index (χ4v) is 1.98. The zero-order valence-corrected chi connectivity index (χ0v) is 6.54. The van der Waals surface area contributed by atoms with Gasteiger partial charge >= 0.3 is 0 Å². The fraction of sp³-hybridized carbons (Fsp3) is 1.00. The van der Waals surface area contributed by atoms with Crippen LogP contribution in [0.4, 0.5) is 0 Å². The van der Waals surface area contributed by atoms with Gasteiger partial charge in [-0.25, -0.2) is 8.93 Å². The monoisotopic (exact) mass is 147 g/mol. The molecule has 1 atom stereocenters. The minimum absolute atomic E-state index is 0.538. The predicted molar refractivity (Wildman–Crippen MR) is 39.5 cm³/mol. The highest BCUT2D eigenvalue weighted by Crippen LogP contribution is 2.17. The van der Waals surface area contributed by atoms with Crippen LogP contribution in [0.2, 0.25) is 0 Å². The topological polar surface area (TPSA) is 29.1 Å². The van der Waals surface area contributed by atoms with Gasteiger partial charge in [0.1, 0.15) is 0 Å². The van der Waals surface area contributed by atoms with Crippen LogP contribution < -0.4 is 4.72 Å². The van der Waals surface area contributed by atoms with Crippen LogP contribution in [0.5, 0.6) is 0 Å². The second-order valence-electron chi connectivity index (χ2n) is 2.55. The summed E-state index contributed by atoms with van der Waals surface area (Å²) in [7, 11) is -0.805. The van der Waals surface area contributed by atoms with Crippen molar-refractivity contribution in [2.75, 3.05) is 6.26 Å². The molecule has 0 aromatic carbocycles. The molecule has 1 aliphatic carbocycles. The van der Waals surface area contributed by atoms with Gasteiger partial charge in [-0.15, -0.1) is 0 Å². The molecule has 0 aromatic heterocycles. The van der Waals surface area contributed by atoms with Crippen LogP contribution in [0.3, 0.4) is 0 Å². The van der Waals surface area contributed by atoms with E-state index in [4.69, 9.17) is 0 Å². The maximum Gasteiger partial charge on any atom is 0.0886 e. The smallest absolute Gasteiger partial charge is 0.0886 e. The van der Waals surface area contributed by atoms with Gasteiger partial charge in [0.25, 0.3) is 0 Å². The maximum atomic E-state index is 10.6. The third-order valence-corrected chi connectivity index (χ3v) is 2.35. The van der Waals surface area contributed by atoms with E-state index in [1.807, 2.05) is 0 Å². The second-order valence-corrected chi connectivity index (χ2v) is 3.70. The van der Waals surface area contributed by atoms with E-state index >= 15 is 0 Å². The van der Waals surface area contributed by atoms with E-state index in [1.165, 1.54) is 25.7 Å². The molecule has 1 fully saturated rings. The van der Waals surface area contributed by atoms with E-state index in [-0.39, 0.29) is 0 Å². The van der Waals surface area contributed by atoms with Crippen molar-refractivity contribution in [3.05, 3.63) is 0 Å². The second kappa shape index (κ2) is 3.32. The van der Waals surface area contributed by atoms with Crippen LogP contribution in [0.25, 0.3) is 0 Å². The third-order valence-electron chi connectivity index (χ3n) is 1.69. The molecule has 0 aliphatic heterocycles. The Hall–Kier alpha value is 0.110. The van der Waals surface area contributed by atoms with Crippen molar-refractivity contribution in [2.24, 2.45) is 0 Å². The van der Waals surface area contributed by atoms with Crippen LogP contribution in [0, 0.1) is 0 Å². The summed E-state index contributed by atoms with van der Waals surface area (Å²) >= 11 is 0. The summed E-state index contributed by atoms with van der Waals surface area (Å²) in [5.41, 5.74) is 0. The molecular formula is C6H13NOS. The highest BCUT2D eigenvalue weighted by Gasteiger charge is 2.14. The highest BCUT2D eigenvalue weighted by atomic mass is 32.2. The molecule has 0 unspecified atom stereocenters. The Labute approximate surface area is 58.6 Å². The molecule has 3 heteroatoms. The summed E-state index contributed by atoms with van der Waals surface area (Å²) in [5, 5.41) is 0. The van der Waals surface area contributed by atoms with Crippen molar-refractivity contribution < 1.29 is 4.21 Å². The Morgan fingerprint density at radius 1 is 1.44 bits per heavy atom. The molecule has 54 valence electrons. The number of nitrogens with one attached hydrogen (secondary N) is 1. The summed E-state index contributed by atoms with van der Waals surface area (Å²) in [6.07, 6.45) is 6.71. The number of hydrogen-bond acceptors (Lipinski definition) is 1. The third kappa shape index (κ3) is 2.45. The molecule has 0 aromatic rings. The Morgan fingerprint density at radius 2 is 2.00 bits per heavy atom. The van der Waals surface area contributed by atoms with E-state index in [1.54, 1.807) is 6.26 Å². The molecule has 0 amide bonds. The first-order valence-electron chi connectivity index (χ1n) is 3.38. The zero-order chi connectivity index (χ0) is 6.69. The van der Waals surface area contributed by atoms with Crippen molar-refractivity contribution >= 4 is 11.0 Å². The van der Waals surface area contributed by atoms with Gasteiger partial charge in [-0.1, -0.05) is 12.8 Å². The van der Waals surface area contributed by atoms with Crippen molar-refractivity contribution in [3.63, 3.8) is 0 Å². The quantitative estimate of drug-likeness (QED) is 0.615. The first-order chi connectivity index (χ1) is 4.29. The molecule has 1 N–H and O–H groups in total. The van der Waals surface area contributed by atoms with Gasteiger partial charge in [0.2, 0.25) is 0 Å². The lowest BCUT2D eigenvalue weighted by Gasteiger charge is -2.06. The van der Waals surface area contributed by atoms with E-state index in [2.05, 4.69) is 4.72 Å². The molecule has 1 aliphatic rings. The normalized spacial score (nSPS) is 24.6. The zero-order valence-electron chi connectivity index (χ0n) is 5.72. The van der Waals surface area contributed by atoms with E-state index in [0.29, 0.717) is 6.04 Å². The lowest BCUT2D eigenvalue weighted by Crippen LogP contribution is -2.26. The van der Waals surface area contributed by atoms with Crippen molar-refractivity contribution in [1.29, 1.82) is 0 Å². The van der Waals surface area contributed by atoms with Crippen LogP contribution in [-0.4, -0.2) is 16.5 Å². The molecule has 2 nitrogen and oxygen atoms in total. The Kier molecular flexibility index (Phi) is 2.66. The lowest BCUT2D eigenvalue weighted by atomic mass is 10.3. The Balaban J connectivity index is 2.19. The minimum Gasteiger partial charge on any atom is -0.243 e. The van der Waals surface area contributed by atoms with Crippen LogP contribution in [0.15, 0.2) is 0 Å². The molecule has 0 radical (unpaired) electrons. The van der Waals surface area contributed by atoms with Crippen LogP contribution in [0.1, 0.15) is 25.7 Å². The molecule has 0 bridgehead atoms. The van der Waals surface area contributed by atoms with Crippen molar-refractivity contribution in [3.8, 4) is 0 Å². The average Bonchev–Trinajstić information content (AvgIpc) is 2.15. The van der Waals surface area contributed by atoms with Crippen molar-refractivity contribution in [2.45, 2.75) is 31.7 Å². The van der Waals surface area contributed by atoms with Crippen LogP contribution in [-0.2, 0) is 11.0 Å². The minimum atomic E-state index is -0.805. The molecule has 0 spiro atoms. The van der Waals surface area contributed by atoms with Gasteiger partial charge in [0.05, 0.1) is 11.0 Å². The lowest BCUT2D eigenvalue weighted by molar-refractivity contribution is 0.620. The number of hydrogen-bond donors (Lipinski definition) is 1. The molecule has 0 heterocycles. The molecular weight excluding hydrogens is 134 g/mol. The summed E-state index contributed by atoms with van der Waals surface area (Å²) in [6.45, 7) is 0. The van der Waals surface area contributed by atoms with E-state index in [9.17, 15) is 4.21 Å². The highest BCUT2D eigenvalue weighted by molar-refractivity contribution is 7.82. The SMILES string of the molecule is C[S@](=O)NC1CCCC1. The predicted octanol–water partition coefficient (Wildman–Crippen LogP) is 0.812. The summed E-state index contributed by atoms with van der Waals surface area (Å²) in [6, 6.07) is 0.538. The molecule has 1 rings (SSSR count). The van der Waals surface area contributed by atoms with E-state index in [0.717, 1.165) is 0 Å². The Bertz CT molecular complexity index is 110. The van der Waals surface area contributed by atoms with Crippen molar-refractivity contribution in [1.82, 2.24) is 4.72 Å². The van der Waals surface area contributed by atoms with E-state index < -0.39 is 11.0 Å². The maximum absolute atomic E-state index is 10.6. The first-order valence-corrected chi connectivity index (χ1v) is 4.94.